The summed E-state index contributed by atoms with van der Waals surface area (Å²) >= 11 is 0. The average molecular weight is 241 g/mol. The second kappa shape index (κ2) is 5.35. The van der Waals surface area contributed by atoms with E-state index in [4.69, 9.17) is 5.11 Å². The van der Waals surface area contributed by atoms with Crippen LogP contribution in [-0.4, -0.2) is 41.1 Å². The van der Waals surface area contributed by atoms with Gasteiger partial charge in [0.15, 0.2) is 0 Å². The first-order chi connectivity index (χ1) is 8.16. The van der Waals surface area contributed by atoms with Crippen LogP contribution in [0.1, 0.15) is 32.1 Å². The first-order valence-corrected chi connectivity index (χ1v) is 6.20. The molecule has 1 heterocycles. The number of hydrogen-bond acceptors (Lipinski definition) is 3. The molecule has 6 heteroatoms. The number of rotatable bonds is 4. The van der Waals surface area contributed by atoms with E-state index in [0.717, 1.165) is 25.9 Å². The Labute approximate surface area is 100 Å². The molecular weight excluding hydrogens is 222 g/mol. The number of hydrogen-bond donors (Lipinski definition) is 3. The van der Waals surface area contributed by atoms with Crippen molar-refractivity contribution >= 4 is 12.0 Å². The van der Waals surface area contributed by atoms with Crippen LogP contribution in [0.2, 0.25) is 0 Å². The maximum atomic E-state index is 12.2. The van der Waals surface area contributed by atoms with Crippen molar-refractivity contribution in [2.75, 3.05) is 13.1 Å². The van der Waals surface area contributed by atoms with Crippen LogP contribution in [0.15, 0.2) is 0 Å². The van der Waals surface area contributed by atoms with Crippen molar-refractivity contribution in [3.63, 3.8) is 0 Å². The molecule has 0 unspecified atom stereocenters. The van der Waals surface area contributed by atoms with Crippen LogP contribution in [0.4, 0.5) is 4.79 Å². The Balaban J connectivity index is 1.89. The Hall–Kier alpha value is -1.30. The van der Waals surface area contributed by atoms with Crippen molar-refractivity contribution in [1.29, 1.82) is 0 Å². The molecule has 1 aliphatic carbocycles. The highest BCUT2D eigenvalue weighted by atomic mass is 16.4. The third-order valence-corrected chi connectivity index (χ3v) is 3.31. The Kier molecular flexibility index (Phi) is 3.83. The third-order valence-electron chi connectivity index (χ3n) is 3.31. The molecule has 1 atom stereocenters. The highest BCUT2D eigenvalue weighted by molar-refractivity contribution is 5.82. The first kappa shape index (κ1) is 12.2. The molecule has 0 aromatic carbocycles. The predicted molar refractivity (Wildman–Crippen MR) is 61.2 cm³/mol. The monoisotopic (exact) mass is 241 g/mol. The van der Waals surface area contributed by atoms with Gasteiger partial charge in [-0.25, -0.2) is 10.2 Å². The molecule has 0 spiro atoms. The van der Waals surface area contributed by atoms with Gasteiger partial charge in [0, 0.05) is 13.1 Å². The average Bonchev–Trinajstić information content (AvgIpc) is 3.09. The summed E-state index contributed by atoms with van der Waals surface area (Å²) in [5, 5.41) is 8.52. The number of amides is 2. The number of likely N-dealkylation sites (tertiary alicyclic amines) is 1. The van der Waals surface area contributed by atoms with Crippen LogP contribution in [-0.2, 0) is 4.79 Å². The molecule has 2 fully saturated rings. The molecule has 0 aromatic heterocycles. The van der Waals surface area contributed by atoms with E-state index >= 15 is 0 Å². The number of carbonyl (C=O) groups excluding carboxylic acids is 1. The zero-order chi connectivity index (χ0) is 12.3. The quantitative estimate of drug-likeness (QED) is 0.628. The Bertz CT molecular complexity index is 304. The molecule has 1 saturated carbocycles. The molecule has 0 bridgehead atoms. The van der Waals surface area contributed by atoms with Gasteiger partial charge in [0.1, 0.15) is 6.04 Å². The van der Waals surface area contributed by atoms with Crippen molar-refractivity contribution in [3.8, 4) is 0 Å². The molecule has 0 aromatic rings. The fraction of sp³-hybridized carbons (Fsp3) is 0.818. The second-order valence-electron chi connectivity index (χ2n) is 4.85. The standard InChI is InChI=1S/C11H19N3O3/c15-10-9(12-13-11(16)17)3-1-2-6-14(10)7-8-4-5-8/h8-9,12-13H,1-7H2,(H,16,17)/t9-/m1/s1. The van der Waals surface area contributed by atoms with Gasteiger partial charge in [0.25, 0.3) is 0 Å². The SMILES string of the molecule is O=C(O)NN[C@@H]1CCCCN(CC2CC2)C1=O. The number of hydrazine groups is 1. The van der Waals surface area contributed by atoms with E-state index in [1.165, 1.54) is 12.8 Å². The lowest BCUT2D eigenvalue weighted by atomic mass is 10.1. The van der Waals surface area contributed by atoms with Gasteiger partial charge in [0.2, 0.25) is 5.91 Å². The van der Waals surface area contributed by atoms with Gasteiger partial charge in [-0.15, -0.1) is 0 Å². The molecule has 3 N–H and O–H groups in total. The zero-order valence-electron chi connectivity index (χ0n) is 9.82. The lowest BCUT2D eigenvalue weighted by Crippen LogP contribution is -2.52. The van der Waals surface area contributed by atoms with Crippen LogP contribution >= 0.6 is 0 Å². The van der Waals surface area contributed by atoms with Crippen molar-refractivity contribution in [2.45, 2.75) is 38.1 Å². The van der Waals surface area contributed by atoms with E-state index < -0.39 is 12.1 Å². The van der Waals surface area contributed by atoms with Gasteiger partial charge in [-0.3, -0.25) is 10.2 Å². The summed E-state index contributed by atoms with van der Waals surface area (Å²) in [4.78, 5) is 24.4. The molecule has 17 heavy (non-hydrogen) atoms. The summed E-state index contributed by atoms with van der Waals surface area (Å²) < 4.78 is 0. The van der Waals surface area contributed by atoms with Crippen LogP contribution in [0.3, 0.4) is 0 Å². The van der Waals surface area contributed by atoms with Crippen molar-refractivity contribution in [1.82, 2.24) is 15.8 Å². The summed E-state index contributed by atoms with van der Waals surface area (Å²) in [7, 11) is 0. The molecule has 1 saturated heterocycles. The number of carbonyl (C=O) groups is 2. The molecule has 96 valence electrons. The lowest BCUT2D eigenvalue weighted by molar-refractivity contribution is -0.133. The van der Waals surface area contributed by atoms with Gasteiger partial charge in [-0.2, -0.15) is 0 Å². The van der Waals surface area contributed by atoms with Crippen molar-refractivity contribution < 1.29 is 14.7 Å². The molecule has 2 amide bonds. The fourth-order valence-corrected chi connectivity index (χ4v) is 2.18. The van der Waals surface area contributed by atoms with Gasteiger partial charge in [0.05, 0.1) is 0 Å². The molecular formula is C11H19N3O3. The fourth-order valence-electron chi connectivity index (χ4n) is 2.18. The molecule has 6 nitrogen and oxygen atoms in total. The van der Waals surface area contributed by atoms with Gasteiger partial charge >= 0.3 is 6.09 Å². The number of carboxylic acid groups (broad SMARTS) is 1. The molecule has 0 radical (unpaired) electrons. The van der Waals surface area contributed by atoms with E-state index in [0.29, 0.717) is 12.3 Å². The normalized spacial score (nSPS) is 25.5. The van der Waals surface area contributed by atoms with E-state index in [9.17, 15) is 9.59 Å². The number of nitrogens with one attached hydrogen (secondary N) is 2. The third kappa shape index (κ3) is 3.59. The Morgan fingerprint density at radius 2 is 2.12 bits per heavy atom. The minimum absolute atomic E-state index is 0.0307. The highest BCUT2D eigenvalue weighted by Gasteiger charge is 2.31. The Morgan fingerprint density at radius 3 is 2.76 bits per heavy atom. The smallest absolute Gasteiger partial charge is 0.419 e. The van der Waals surface area contributed by atoms with Crippen LogP contribution in [0.5, 0.6) is 0 Å². The maximum absolute atomic E-state index is 12.2. The second-order valence-corrected chi connectivity index (χ2v) is 4.85. The molecule has 2 aliphatic rings. The predicted octanol–water partition coefficient (Wildman–Crippen LogP) is 0.550. The van der Waals surface area contributed by atoms with Gasteiger partial charge < -0.3 is 10.0 Å². The summed E-state index contributed by atoms with van der Waals surface area (Å²) in [5.41, 5.74) is 4.68. The van der Waals surface area contributed by atoms with Crippen molar-refractivity contribution in [2.24, 2.45) is 5.92 Å². The summed E-state index contributed by atoms with van der Waals surface area (Å²) in [6.07, 6.45) is 3.93. The summed E-state index contributed by atoms with van der Waals surface area (Å²) in [6, 6.07) is -0.410. The Morgan fingerprint density at radius 1 is 1.35 bits per heavy atom. The maximum Gasteiger partial charge on any atom is 0.419 e. The van der Waals surface area contributed by atoms with E-state index in [1.807, 2.05) is 4.90 Å². The van der Waals surface area contributed by atoms with Crippen LogP contribution in [0.25, 0.3) is 0 Å². The zero-order valence-corrected chi connectivity index (χ0v) is 9.82. The van der Waals surface area contributed by atoms with Gasteiger partial charge in [-0.05, 0) is 38.0 Å². The van der Waals surface area contributed by atoms with Gasteiger partial charge in [-0.1, -0.05) is 0 Å². The lowest BCUT2D eigenvalue weighted by Gasteiger charge is -2.24. The highest BCUT2D eigenvalue weighted by Crippen LogP contribution is 2.30. The summed E-state index contributed by atoms with van der Waals surface area (Å²) in [6.45, 7) is 1.64. The van der Waals surface area contributed by atoms with Crippen molar-refractivity contribution in [3.05, 3.63) is 0 Å². The molecule has 2 rings (SSSR count). The molecule has 1 aliphatic heterocycles. The first-order valence-electron chi connectivity index (χ1n) is 6.20. The minimum atomic E-state index is -1.16. The largest absolute Gasteiger partial charge is 0.464 e. The van der Waals surface area contributed by atoms with E-state index in [1.54, 1.807) is 0 Å². The van der Waals surface area contributed by atoms with E-state index in [2.05, 4.69) is 10.9 Å². The van der Waals surface area contributed by atoms with E-state index in [-0.39, 0.29) is 5.91 Å². The minimum Gasteiger partial charge on any atom is -0.464 e. The topological polar surface area (TPSA) is 81.7 Å². The number of nitrogens with zero attached hydrogens (tertiary/aromatic N) is 1. The summed E-state index contributed by atoms with van der Waals surface area (Å²) in [5.74, 6) is 0.702. The van der Waals surface area contributed by atoms with Crippen LogP contribution < -0.4 is 10.9 Å². The van der Waals surface area contributed by atoms with Crippen LogP contribution in [0, 0.1) is 5.92 Å².